The number of aromatic nitrogens is 2. The van der Waals surface area contributed by atoms with Gasteiger partial charge in [-0.2, -0.15) is 0 Å². The van der Waals surface area contributed by atoms with Crippen LogP contribution in [0, 0.1) is 0 Å². The minimum Gasteiger partial charge on any atom is -0.394 e. The molecular formula is C8H13N3O. The van der Waals surface area contributed by atoms with E-state index in [1.54, 1.807) is 18.6 Å². The van der Waals surface area contributed by atoms with Gasteiger partial charge < -0.3 is 15.4 Å². The molecule has 0 aliphatic carbocycles. The van der Waals surface area contributed by atoms with Crippen LogP contribution in [0.3, 0.4) is 0 Å². The molecule has 0 aromatic carbocycles. The molecule has 0 fully saturated rings. The summed E-state index contributed by atoms with van der Waals surface area (Å²) < 4.78 is 1.86. The Bertz CT molecular complexity index is 257. The van der Waals surface area contributed by atoms with Gasteiger partial charge in [-0.25, -0.2) is 4.98 Å². The van der Waals surface area contributed by atoms with Crippen LogP contribution in [0.25, 0.3) is 0 Å². The van der Waals surface area contributed by atoms with Crippen molar-refractivity contribution in [2.24, 2.45) is 5.73 Å². The lowest BCUT2D eigenvalue weighted by atomic mass is 10.2. The van der Waals surface area contributed by atoms with Crippen molar-refractivity contribution in [2.75, 3.05) is 6.61 Å². The predicted molar refractivity (Wildman–Crippen MR) is 46.4 cm³/mol. The number of hydrogen-bond acceptors (Lipinski definition) is 3. The van der Waals surface area contributed by atoms with E-state index in [9.17, 15) is 0 Å². The van der Waals surface area contributed by atoms with Gasteiger partial charge in [0.25, 0.3) is 0 Å². The fraction of sp³-hybridized carbons (Fsp3) is 0.375. The Morgan fingerprint density at radius 1 is 1.83 bits per heavy atom. The highest BCUT2D eigenvalue weighted by atomic mass is 16.3. The van der Waals surface area contributed by atoms with Crippen LogP contribution in [0.4, 0.5) is 0 Å². The second-order valence-electron chi connectivity index (χ2n) is 2.55. The lowest BCUT2D eigenvalue weighted by Crippen LogP contribution is -2.18. The van der Waals surface area contributed by atoms with E-state index in [1.165, 1.54) is 0 Å². The molecule has 4 heteroatoms. The Hall–Kier alpha value is -1.13. The minimum atomic E-state index is -0.354. The number of nitrogens with zero attached hydrogens (tertiary/aromatic N) is 2. The summed E-state index contributed by atoms with van der Waals surface area (Å²) >= 11 is 0. The number of aliphatic hydroxyl groups excluding tert-OH is 1. The van der Waals surface area contributed by atoms with Crippen LogP contribution in [-0.2, 0) is 6.54 Å². The van der Waals surface area contributed by atoms with Crippen LogP contribution in [-0.4, -0.2) is 21.3 Å². The van der Waals surface area contributed by atoms with Gasteiger partial charge in [0.2, 0.25) is 0 Å². The van der Waals surface area contributed by atoms with Crippen molar-refractivity contribution in [1.29, 1.82) is 0 Å². The SMILES string of the molecule is C=CCn1cncc1C(N)CO. The fourth-order valence-electron chi connectivity index (χ4n) is 1.02. The molecule has 1 heterocycles. The maximum Gasteiger partial charge on any atom is 0.0951 e. The second kappa shape index (κ2) is 4.04. The van der Waals surface area contributed by atoms with Crippen LogP contribution >= 0.6 is 0 Å². The summed E-state index contributed by atoms with van der Waals surface area (Å²) in [6.07, 6.45) is 5.09. The molecule has 1 aromatic heterocycles. The fourth-order valence-corrected chi connectivity index (χ4v) is 1.02. The lowest BCUT2D eigenvalue weighted by molar-refractivity contribution is 0.263. The van der Waals surface area contributed by atoms with Gasteiger partial charge in [0, 0.05) is 12.7 Å². The molecule has 0 aliphatic heterocycles. The molecule has 0 amide bonds. The largest absolute Gasteiger partial charge is 0.394 e. The summed E-state index contributed by atoms with van der Waals surface area (Å²) in [4.78, 5) is 3.93. The maximum absolute atomic E-state index is 8.81. The van der Waals surface area contributed by atoms with Crippen LogP contribution in [0.15, 0.2) is 25.2 Å². The summed E-state index contributed by atoms with van der Waals surface area (Å²) in [6.45, 7) is 4.21. The quantitative estimate of drug-likeness (QED) is 0.623. The van der Waals surface area contributed by atoms with Gasteiger partial charge in [0.15, 0.2) is 0 Å². The van der Waals surface area contributed by atoms with E-state index in [4.69, 9.17) is 10.8 Å². The number of imidazole rings is 1. The summed E-state index contributed by atoms with van der Waals surface area (Å²) in [5.41, 5.74) is 6.46. The molecule has 3 N–H and O–H groups in total. The normalized spacial score (nSPS) is 12.8. The Balaban J connectivity index is 2.82. The zero-order chi connectivity index (χ0) is 8.97. The molecule has 1 atom stereocenters. The number of hydrogen-bond donors (Lipinski definition) is 2. The van der Waals surface area contributed by atoms with Crippen molar-refractivity contribution < 1.29 is 5.11 Å². The van der Waals surface area contributed by atoms with E-state index in [1.807, 2.05) is 4.57 Å². The average molecular weight is 167 g/mol. The lowest BCUT2D eigenvalue weighted by Gasteiger charge is -2.09. The van der Waals surface area contributed by atoms with E-state index < -0.39 is 0 Å². The van der Waals surface area contributed by atoms with Crippen molar-refractivity contribution in [3.63, 3.8) is 0 Å². The van der Waals surface area contributed by atoms with E-state index >= 15 is 0 Å². The number of aliphatic hydroxyl groups is 1. The van der Waals surface area contributed by atoms with Crippen molar-refractivity contribution in [1.82, 2.24) is 9.55 Å². The number of nitrogens with two attached hydrogens (primary N) is 1. The van der Waals surface area contributed by atoms with Gasteiger partial charge in [0.1, 0.15) is 0 Å². The van der Waals surface area contributed by atoms with Gasteiger partial charge in [-0.05, 0) is 0 Å². The summed E-state index contributed by atoms with van der Waals surface area (Å²) in [7, 11) is 0. The van der Waals surface area contributed by atoms with E-state index in [-0.39, 0.29) is 12.6 Å². The minimum absolute atomic E-state index is 0.0666. The third-order valence-corrected chi connectivity index (χ3v) is 1.65. The molecule has 0 aliphatic rings. The van der Waals surface area contributed by atoms with Crippen molar-refractivity contribution in [2.45, 2.75) is 12.6 Å². The van der Waals surface area contributed by atoms with Crippen LogP contribution < -0.4 is 5.73 Å². The summed E-state index contributed by atoms with van der Waals surface area (Å²) in [6, 6.07) is -0.354. The number of rotatable bonds is 4. The zero-order valence-corrected chi connectivity index (χ0v) is 6.85. The number of allylic oxidation sites excluding steroid dienone is 1. The Morgan fingerprint density at radius 3 is 3.17 bits per heavy atom. The van der Waals surface area contributed by atoms with Gasteiger partial charge in [0.05, 0.1) is 24.7 Å². The van der Waals surface area contributed by atoms with Crippen molar-refractivity contribution >= 4 is 0 Å². The maximum atomic E-state index is 8.81. The highest BCUT2D eigenvalue weighted by Gasteiger charge is 2.08. The molecule has 0 radical (unpaired) electrons. The topological polar surface area (TPSA) is 64.1 Å². The standard InChI is InChI=1S/C8H13N3O/c1-2-3-11-6-10-4-8(11)7(9)5-12/h2,4,6-7,12H,1,3,5,9H2. The first kappa shape index (κ1) is 8.96. The molecule has 1 unspecified atom stereocenters. The Labute approximate surface area is 71.3 Å². The molecule has 0 saturated heterocycles. The van der Waals surface area contributed by atoms with Gasteiger partial charge >= 0.3 is 0 Å². The van der Waals surface area contributed by atoms with Crippen molar-refractivity contribution in [3.05, 3.63) is 30.9 Å². The molecule has 4 nitrogen and oxygen atoms in total. The molecule has 12 heavy (non-hydrogen) atoms. The zero-order valence-electron chi connectivity index (χ0n) is 6.85. The molecule has 0 spiro atoms. The third kappa shape index (κ3) is 1.72. The smallest absolute Gasteiger partial charge is 0.0951 e. The Kier molecular flexibility index (Phi) is 3.01. The molecule has 66 valence electrons. The highest BCUT2D eigenvalue weighted by Crippen LogP contribution is 2.08. The second-order valence-corrected chi connectivity index (χ2v) is 2.55. The monoisotopic (exact) mass is 167 g/mol. The summed E-state index contributed by atoms with van der Waals surface area (Å²) in [5, 5.41) is 8.81. The van der Waals surface area contributed by atoms with Gasteiger partial charge in [-0.1, -0.05) is 6.08 Å². The molecule has 0 bridgehead atoms. The van der Waals surface area contributed by atoms with Crippen LogP contribution in [0.2, 0.25) is 0 Å². The first-order chi connectivity index (χ1) is 5.79. The Morgan fingerprint density at radius 2 is 2.58 bits per heavy atom. The molecular weight excluding hydrogens is 154 g/mol. The van der Waals surface area contributed by atoms with Crippen LogP contribution in [0.5, 0.6) is 0 Å². The van der Waals surface area contributed by atoms with E-state index in [2.05, 4.69) is 11.6 Å². The molecule has 0 saturated carbocycles. The first-order valence-electron chi connectivity index (χ1n) is 3.77. The summed E-state index contributed by atoms with van der Waals surface area (Å²) in [5.74, 6) is 0. The third-order valence-electron chi connectivity index (χ3n) is 1.65. The average Bonchev–Trinajstić information content (AvgIpc) is 2.52. The van der Waals surface area contributed by atoms with Gasteiger partial charge in [-0.15, -0.1) is 6.58 Å². The van der Waals surface area contributed by atoms with Gasteiger partial charge in [-0.3, -0.25) is 0 Å². The molecule has 1 rings (SSSR count). The highest BCUT2D eigenvalue weighted by molar-refractivity contribution is 5.05. The first-order valence-corrected chi connectivity index (χ1v) is 3.77. The van der Waals surface area contributed by atoms with Crippen molar-refractivity contribution in [3.8, 4) is 0 Å². The van der Waals surface area contributed by atoms with E-state index in [0.29, 0.717) is 6.54 Å². The van der Waals surface area contributed by atoms with Crippen LogP contribution in [0.1, 0.15) is 11.7 Å². The molecule has 1 aromatic rings. The predicted octanol–water partition coefficient (Wildman–Crippen LogP) is 0.0612. The van der Waals surface area contributed by atoms with E-state index in [0.717, 1.165) is 5.69 Å².